The quantitative estimate of drug-likeness (QED) is 0.728. The van der Waals surface area contributed by atoms with Gasteiger partial charge in [0, 0.05) is 12.2 Å². The van der Waals surface area contributed by atoms with Gasteiger partial charge < -0.3 is 9.64 Å². The second-order valence-corrected chi connectivity index (χ2v) is 7.53. The number of ether oxygens (including phenoxy) is 1. The average molecular weight is 405 g/mol. The molecule has 0 saturated heterocycles. The van der Waals surface area contributed by atoms with Gasteiger partial charge in [0.05, 0.1) is 29.6 Å². The molecule has 1 N–H and O–H groups in total. The number of benzene rings is 2. The van der Waals surface area contributed by atoms with Crippen molar-refractivity contribution in [1.29, 1.82) is 5.26 Å². The smallest absolute Gasteiger partial charge is 0.261 e. The maximum Gasteiger partial charge on any atom is 0.261 e. The van der Waals surface area contributed by atoms with Crippen molar-refractivity contribution in [3.63, 3.8) is 0 Å². The van der Waals surface area contributed by atoms with Crippen LogP contribution in [0.15, 0.2) is 47.4 Å². The predicted molar refractivity (Wildman–Crippen MR) is 102 cm³/mol. The highest BCUT2D eigenvalue weighted by Gasteiger charge is 2.23. The van der Waals surface area contributed by atoms with Gasteiger partial charge >= 0.3 is 0 Å². The van der Waals surface area contributed by atoms with E-state index >= 15 is 0 Å². The number of sulfonamides is 1. The third kappa shape index (κ3) is 4.85. The molecule has 9 heteroatoms. The second kappa shape index (κ2) is 9.30. The van der Waals surface area contributed by atoms with Crippen molar-refractivity contribution in [2.75, 3.05) is 25.1 Å². The Morgan fingerprint density at radius 2 is 1.93 bits per heavy atom. The molecular formula is C19H20FN3O4S. The molecule has 0 aromatic heterocycles. The topological polar surface area (TPSA) is 99.5 Å². The largest absolute Gasteiger partial charge is 0.494 e. The van der Waals surface area contributed by atoms with Gasteiger partial charge in [-0.15, -0.1) is 0 Å². The van der Waals surface area contributed by atoms with Gasteiger partial charge in [0.15, 0.2) is 0 Å². The zero-order valence-corrected chi connectivity index (χ0v) is 16.3. The highest BCUT2D eigenvalue weighted by Crippen LogP contribution is 2.24. The molecule has 0 heterocycles. The highest BCUT2D eigenvalue weighted by atomic mass is 32.2. The van der Waals surface area contributed by atoms with E-state index in [4.69, 9.17) is 10.00 Å². The third-order valence-electron chi connectivity index (χ3n) is 3.90. The summed E-state index contributed by atoms with van der Waals surface area (Å²) >= 11 is 0. The van der Waals surface area contributed by atoms with Crippen LogP contribution in [0.3, 0.4) is 0 Å². The van der Waals surface area contributed by atoms with Crippen LogP contribution >= 0.6 is 0 Å². The third-order valence-corrected chi connectivity index (χ3v) is 5.31. The molecule has 7 nitrogen and oxygen atoms in total. The minimum Gasteiger partial charge on any atom is -0.494 e. The van der Waals surface area contributed by atoms with Gasteiger partial charge in [-0.3, -0.25) is 4.79 Å². The van der Waals surface area contributed by atoms with Crippen LogP contribution in [0.2, 0.25) is 0 Å². The lowest BCUT2D eigenvalue weighted by Crippen LogP contribution is -2.32. The number of nitriles is 1. The molecule has 1 amide bonds. The summed E-state index contributed by atoms with van der Waals surface area (Å²) in [6, 6.07) is 11.5. The molecule has 0 radical (unpaired) electrons. The van der Waals surface area contributed by atoms with Crippen molar-refractivity contribution in [3.05, 3.63) is 53.8 Å². The van der Waals surface area contributed by atoms with Gasteiger partial charge in [-0.25, -0.2) is 17.5 Å². The van der Waals surface area contributed by atoms with Crippen molar-refractivity contribution in [1.82, 2.24) is 4.72 Å². The Morgan fingerprint density at radius 1 is 1.25 bits per heavy atom. The van der Waals surface area contributed by atoms with Crippen LogP contribution in [0.25, 0.3) is 0 Å². The van der Waals surface area contributed by atoms with Gasteiger partial charge in [-0.1, -0.05) is 0 Å². The molecular weight excluding hydrogens is 385 g/mol. The van der Waals surface area contributed by atoms with Crippen LogP contribution in [0.5, 0.6) is 5.75 Å². The molecule has 0 fully saturated rings. The van der Waals surface area contributed by atoms with Gasteiger partial charge in [-0.05, 0) is 56.4 Å². The number of nitrogens with zero attached hydrogens (tertiary/aromatic N) is 2. The van der Waals surface area contributed by atoms with Crippen LogP contribution in [-0.4, -0.2) is 34.5 Å². The van der Waals surface area contributed by atoms with Crippen molar-refractivity contribution < 1.29 is 22.3 Å². The van der Waals surface area contributed by atoms with E-state index in [0.717, 1.165) is 18.2 Å². The maximum atomic E-state index is 14.3. The number of hydrogen-bond acceptors (Lipinski definition) is 5. The standard InChI is InChI=1S/C19H20FN3O4S/c1-3-27-15-7-5-14(6-8-15)23(12-4-11-21)19(24)17-13-16(9-10-18(17)20)28(25,26)22-2/h5-10,13,22H,3-4,12H2,1-2H3. The summed E-state index contributed by atoms with van der Waals surface area (Å²) in [4.78, 5) is 14.0. The fourth-order valence-corrected chi connectivity index (χ4v) is 3.25. The predicted octanol–water partition coefficient (Wildman–Crippen LogP) is 2.69. The highest BCUT2D eigenvalue weighted by molar-refractivity contribution is 7.89. The molecule has 0 aliphatic heterocycles. The SMILES string of the molecule is CCOc1ccc(N(CCC#N)C(=O)c2cc(S(=O)(=O)NC)ccc2F)cc1. The average Bonchev–Trinajstić information content (AvgIpc) is 2.69. The van der Waals surface area contributed by atoms with Gasteiger partial charge in [-0.2, -0.15) is 5.26 Å². The van der Waals surface area contributed by atoms with Gasteiger partial charge in [0.25, 0.3) is 5.91 Å². The molecule has 148 valence electrons. The van der Waals surface area contributed by atoms with Crippen LogP contribution < -0.4 is 14.4 Å². The minimum absolute atomic E-state index is 0.0196. The first-order valence-corrected chi connectivity index (χ1v) is 9.97. The lowest BCUT2D eigenvalue weighted by molar-refractivity contribution is 0.0983. The first-order valence-electron chi connectivity index (χ1n) is 8.48. The number of carbonyl (C=O) groups excluding carboxylic acids is 1. The number of carbonyl (C=O) groups is 1. The molecule has 0 spiro atoms. The number of anilines is 1. The molecule has 0 aliphatic carbocycles. The first-order chi connectivity index (χ1) is 13.3. The molecule has 2 aromatic carbocycles. The summed E-state index contributed by atoms with van der Waals surface area (Å²) in [5.74, 6) is -0.995. The van der Waals surface area contributed by atoms with E-state index in [1.165, 1.54) is 11.9 Å². The lowest BCUT2D eigenvalue weighted by atomic mass is 10.1. The minimum atomic E-state index is -3.85. The molecule has 0 bridgehead atoms. The molecule has 0 aliphatic rings. The molecule has 0 atom stereocenters. The normalized spacial score (nSPS) is 10.9. The number of nitrogens with one attached hydrogen (secondary N) is 1. The summed E-state index contributed by atoms with van der Waals surface area (Å²) in [6.45, 7) is 2.34. The van der Waals surface area contributed by atoms with Crippen LogP contribution in [0, 0.1) is 17.1 Å². The fourth-order valence-electron chi connectivity index (χ4n) is 2.50. The van der Waals surface area contributed by atoms with Crippen molar-refractivity contribution in [2.24, 2.45) is 0 Å². The van der Waals surface area contributed by atoms with E-state index in [1.807, 2.05) is 13.0 Å². The summed E-state index contributed by atoms with van der Waals surface area (Å²) in [6.07, 6.45) is 0.0229. The Labute approximate surface area is 163 Å². The van der Waals surface area contributed by atoms with E-state index in [0.29, 0.717) is 18.0 Å². The molecule has 2 aromatic rings. The Kier molecular flexibility index (Phi) is 7.09. The van der Waals surface area contributed by atoms with E-state index in [9.17, 15) is 17.6 Å². The van der Waals surface area contributed by atoms with Gasteiger partial charge in [0.2, 0.25) is 10.0 Å². The maximum absolute atomic E-state index is 14.3. The van der Waals surface area contributed by atoms with Crippen molar-refractivity contribution >= 4 is 21.6 Å². The van der Waals surface area contributed by atoms with E-state index in [-0.39, 0.29) is 17.9 Å². The molecule has 0 unspecified atom stereocenters. The number of rotatable bonds is 8. The second-order valence-electron chi connectivity index (χ2n) is 5.64. The van der Waals surface area contributed by atoms with E-state index < -0.39 is 27.3 Å². The first kappa shape index (κ1) is 21.3. The zero-order valence-electron chi connectivity index (χ0n) is 15.5. The Hall–Kier alpha value is -2.96. The lowest BCUT2D eigenvalue weighted by Gasteiger charge is -2.22. The Morgan fingerprint density at radius 3 is 2.50 bits per heavy atom. The molecule has 2 rings (SSSR count). The van der Waals surface area contributed by atoms with Gasteiger partial charge in [0.1, 0.15) is 11.6 Å². The van der Waals surface area contributed by atoms with Crippen molar-refractivity contribution in [3.8, 4) is 11.8 Å². The number of amides is 1. The summed E-state index contributed by atoms with van der Waals surface area (Å²) in [5, 5.41) is 8.90. The molecule has 28 heavy (non-hydrogen) atoms. The number of hydrogen-bond donors (Lipinski definition) is 1. The Balaban J connectivity index is 2.45. The van der Waals surface area contributed by atoms with Crippen LogP contribution in [0.4, 0.5) is 10.1 Å². The van der Waals surface area contributed by atoms with Crippen LogP contribution in [0.1, 0.15) is 23.7 Å². The fraction of sp³-hybridized carbons (Fsp3) is 0.263. The number of halogens is 1. The van der Waals surface area contributed by atoms with E-state index in [1.54, 1.807) is 24.3 Å². The van der Waals surface area contributed by atoms with E-state index in [2.05, 4.69) is 4.72 Å². The summed E-state index contributed by atoms with van der Waals surface area (Å²) in [7, 11) is -2.62. The molecule has 0 saturated carbocycles. The van der Waals surface area contributed by atoms with Crippen LogP contribution in [-0.2, 0) is 10.0 Å². The zero-order chi connectivity index (χ0) is 20.7. The van der Waals surface area contributed by atoms with Crippen molar-refractivity contribution in [2.45, 2.75) is 18.2 Å². The Bertz CT molecular complexity index is 985. The summed E-state index contributed by atoms with van der Waals surface area (Å²) in [5.41, 5.74) is 0.0353. The monoisotopic (exact) mass is 405 g/mol. The summed E-state index contributed by atoms with van der Waals surface area (Å²) < 4.78 is 45.8.